The summed E-state index contributed by atoms with van der Waals surface area (Å²) in [6.07, 6.45) is 2.03. The van der Waals surface area contributed by atoms with Gasteiger partial charge in [-0.15, -0.1) is 11.3 Å². The average Bonchev–Trinajstić information content (AvgIpc) is 3.13. The number of amides is 1. The molecule has 1 N–H and O–H groups in total. The average molecular weight is 526 g/mol. The second kappa shape index (κ2) is 9.37. The van der Waals surface area contributed by atoms with E-state index in [0.29, 0.717) is 5.01 Å². The zero-order chi connectivity index (χ0) is 25.9. The van der Waals surface area contributed by atoms with Crippen LogP contribution in [0.25, 0.3) is 0 Å². The fourth-order valence-corrected chi connectivity index (χ4v) is 9.23. The van der Waals surface area contributed by atoms with Gasteiger partial charge in [0.25, 0.3) is 0 Å². The molecule has 1 aromatic heterocycles. The van der Waals surface area contributed by atoms with E-state index in [1.54, 1.807) is 20.8 Å². The van der Waals surface area contributed by atoms with Gasteiger partial charge in [0.1, 0.15) is 10.8 Å². The van der Waals surface area contributed by atoms with Crippen molar-refractivity contribution in [1.29, 1.82) is 0 Å². The number of fused-ring (bicyclic) bond motifs is 2. The molecule has 2 fully saturated rings. The molecule has 1 aromatic rings. The standard InChI is InChI=1S/C26H43N3O4S2/c1-16(24(31)29-12-10-28(7)11-13-29)18-8-9-26(6)14-19-22(17(2)21(26)23(18)30)27-20(34-19)15-35(32,33)25(3,4)5/h16-18,21,23,30H,8-15H2,1-7H3/t16-,17+,18+,21+,23-,26+/m0/s1. The van der Waals surface area contributed by atoms with E-state index in [4.69, 9.17) is 4.98 Å². The van der Waals surface area contributed by atoms with Crippen LogP contribution in [0.2, 0.25) is 0 Å². The molecule has 9 heteroatoms. The van der Waals surface area contributed by atoms with Crippen LogP contribution in [-0.4, -0.2) is 78.3 Å². The largest absolute Gasteiger partial charge is 0.392 e. The molecule has 4 rings (SSSR count). The van der Waals surface area contributed by atoms with Crippen molar-refractivity contribution >= 4 is 27.1 Å². The van der Waals surface area contributed by atoms with Gasteiger partial charge in [-0.3, -0.25) is 4.79 Å². The van der Waals surface area contributed by atoms with E-state index >= 15 is 0 Å². The molecular weight excluding hydrogens is 482 g/mol. The fourth-order valence-electron chi connectivity index (χ4n) is 6.54. The van der Waals surface area contributed by atoms with Crippen molar-refractivity contribution in [3.8, 4) is 0 Å². The lowest BCUT2D eigenvalue weighted by Gasteiger charge is -2.53. The van der Waals surface area contributed by atoms with Crippen molar-refractivity contribution in [2.45, 2.75) is 83.3 Å². The summed E-state index contributed by atoms with van der Waals surface area (Å²) in [7, 11) is -1.23. The van der Waals surface area contributed by atoms with Crippen molar-refractivity contribution in [3.63, 3.8) is 0 Å². The molecule has 0 aromatic carbocycles. The minimum absolute atomic E-state index is 0.00524. The van der Waals surface area contributed by atoms with Crippen LogP contribution in [0.3, 0.4) is 0 Å². The van der Waals surface area contributed by atoms with Crippen molar-refractivity contribution in [3.05, 3.63) is 15.6 Å². The molecule has 1 saturated carbocycles. The second-order valence-electron chi connectivity index (χ2n) is 12.5. The SMILES string of the molecule is C[C@H](C(=O)N1CCN(C)CC1)[C@H]1CC[C@]2(C)Cc3sc(CS(=O)(=O)C(C)(C)C)nc3[C@H](C)[C@@H]2[C@H]1O. The Balaban J connectivity index is 1.54. The molecule has 7 nitrogen and oxygen atoms in total. The number of nitrogens with zero attached hydrogens (tertiary/aromatic N) is 3. The van der Waals surface area contributed by atoms with Crippen molar-refractivity contribution in [1.82, 2.24) is 14.8 Å². The summed E-state index contributed by atoms with van der Waals surface area (Å²) in [5, 5.41) is 12.3. The van der Waals surface area contributed by atoms with Crippen LogP contribution < -0.4 is 0 Å². The highest BCUT2D eigenvalue weighted by Gasteiger charge is 2.54. The van der Waals surface area contributed by atoms with Gasteiger partial charge in [0.05, 0.1) is 16.5 Å². The number of sulfone groups is 1. The van der Waals surface area contributed by atoms with Gasteiger partial charge in [0.2, 0.25) is 5.91 Å². The van der Waals surface area contributed by atoms with Crippen LogP contribution in [0.15, 0.2) is 0 Å². The second-order valence-corrected chi connectivity index (χ2v) is 16.5. The topological polar surface area (TPSA) is 90.8 Å². The third-order valence-electron chi connectivity index (χ3n) is 9.06. The molecule has 198 valence electrons. The predicted octanol–water partition coefficient (Wildman–Crippen LogP) is 3.32. The molecule has 0 unspecified atom stereocenters. The van der Waals surface area contributed by atoms with Crippen molar-refractivity contribution < 1.29 is 18.3 Å². The van der Waals surface area contributed by atoms with E-state index in [1.807, 2.05) is 11.8 Å². The predicted molar refractivity (Wildman–Crippen MR) is 140 cm³/mol. The first-order chi connectivity index (χ1) is 16.1. The number of piperazine rings is 1. The summed E-state index contributed by atoms with van der Waals surface area (Å²) in [6.45, 7) is 14.9. The maximum absolute atomic E-state index is 13.3. The summed E-state index contributed by atoms with van der Waals surface area (Å²) < 4.78 is 24.8. The summed E-state index contributed by atoms with van der Waals surface area (Å²) >= 11 is 1.53. The van der Waals surface area contributed by atoms with Gasteiger partial charge in [0.15, 0.2) is 9.84 Å². The first kappa shape index (κ1) is 27.0. The number of hydrogen-bond acceptors (Lipinski definition) is 7. The molecule has 3 aliphatic rings. The Hall–Kier alpha value is -1.03. The maximum Gasteiger partial charge on any atom is 0.225 e. The molecule has 6 atom stereocenters. The van der Waals surface area contributed by atoms with Gasteiger partial charge in [-0.25, -0.2) is 13.4 Å². The van der Waals surface area contributed by atoms with E-state index in [9.17, 15) is 18.3 Å². The number of rotatable bonds is 4. The van der Waals surface area contributed by atoms with Crippen LogP contribution in [0.4, 0.5) is 0 Å². The molecule has 2 heterocycles. The van der Waals surface area contributed by atoms with Gasteiger partial charge in [-0.1, -0.05) is 20.8 Å². The van der Waals surface area contributed by atoms with Crippen LogP contribution in [-0.2, 0) is 26.8 Å². The molecule has 2 aliphatic carbocycles. The zero-order valence-electron chi connectivity index (χ0n) is 22.4. The summed E-state index contributed by atoms with van der Waals surface area (Å²) in [4.78, 5) is 23.5. The highest BCUT2D eigenvalue weighted by Crippen LogP contribution is 2.57. The lowest BCUT2D eigenvalue weighted by molar-refractivity contribution is -0.146. The first-order valence-corrected chi connectivity index (χ1v) is 15.5. The monoisotopic (exact) mass is 525 g/mol. The van der Waals surface area contributed by atoms with E-state index < -0.39 is 20.7 Å². The number of aliphatic hydroxyl groups is 1. The minimum atomic E-state index is -3.31. The zero-order valence-corrected chi connectivity index (χ0v) is 24.0. The first-order valence-electron chi connectivity index (χ1n) is 13.0. The molecular formula is C26H43N3O4S2. The van der Waals surface area contributed by atoms with Crippen LogP contribution in [0.5, 0.6) is 0 Å². The van der Waals surface area contributed by atoms with Crippen LogP contribution >= 0.6 is 11.3 Å². The Bertz CT molecular complexity index is 1060. The molecule has 1 amide bonds. The number of aromatic nitrogens is 1. The van der Waals surface area contributed by atoms with Crippen LogP contribution in [0, 0.1) is 23.2 Å². The Morgan fingerprint density at radius 1 is 1.26 bits per heavy atom. The number of carbonyl (C=O) groups is 1. The Morgan fingerprint density at radius 3 is 2.49 bits per heavy atom. The highest BCUT2D eigenvalue weighted by atomic mass is 32.2. The Labute approximate surface area is 215 Å². The third kappa shape index (κ3) is 4.94. The van der Waals surface area contributed by atoms with E-state index in [0.717, 1.165) is 51.1 Å². The van der Waals surface area contributed by atoms with Crippen molar-refractivity contribution in [2.75, 3.05) is 33.2 Å². The third-order valence-corrected chi connectivity index (χ3v) is 12.8. The van der Waals surface area contributed by atoms with Gasteiger partial charge in [-0.05, 0) is 64.3 Å². The van der Waals surface area contributed by atoms with Gasteiger partial charge in [0, 0.05) is 42.9 Å². The van der Waals surface area contributed by atoms with E-state index in [1.165, 1.54) is 16.2 Å². The summed E-state index contributed by atoms with van der Waals surface area (Å²) in [5.74, 6) is -0.124. The van der Waals surface area contributed by atoms with Gasteiger partial charge >= 0.3 is 0 Å². The smallest absolute Gasteiger partial charge is 0.225 e. The lowest BCUT2D eigenvalue weighted by atomic mass is 9.53. The molecule has 0 radical (unpaired) electrons. The minimum Gasteiger partial charge on any atom is -0.392 e. The maximum atomic E-state index is 13.3. The number of carbonyl (C=O) groups excluding carboxylic acids is 1. The Kier molecular flexibility index (Phi) is 7.23. The van der Waals surface area contributed by atoms with Crippen LogP contribution in [0.1, 0.15) is 75.9 Å². The van der Waals surface area contributed by atoms with E-state index in [-0.39, 0.29) is 40.7 Å². The fraction of sp³-hybridized carbons (Fsp3) is 0.846. The molecule has 1 aliphatic heterocycles. The molecule has 1 saturated heterocycles. The quantitative estimate of drug-likeness (QED) is 0.649. The molecule has 35 heavy (non-hydrogen) atoms. The molecule has 0 bridgehead atoms. The summed E-state index contributed by atoms with van der Waals surface area (Å²) in [5.41, 5.74) is 0.875. The lowest BCUT2D eigenvalue weighted by Crippen LogP contribution is -2.55. The van der Waals surface area contributed by atoms with E-state index in [2.05, 4.69) is 25.8 Å². The highest BCUT2D eigenvalue weighted by molar-refractivity contribution is 7.92. The van der Waals surface area contributed by atoms with Gasteiger partial charge in [-0.2, -0.15) is 0 Å². The number of aliphatic hydroxyl groups excluding tert-OH is 1. The van der Waals surface area contributed by atoms with Gasteiger partial charge < -0.3 is 14.9 Å². The molecule has 0 spiro atoms. The summed E-state index contributed by atoms with van der Waals surface area (Å²) in [6, 6.07) is 0. The number of thiazole rings is 1. The Morgan fingerprint density at radius 2 is 1.89 bits per heavy atom. The normalized spacial score (nSPS) is 33.2. The van der Waals surface area contributed by atoms with Crippen molar-refractivity contribution in [2.24, 2.45) is 23.2 Å². The number of likely N-dealkylation sites (N-methyl/N-ethyl adjacent to an activating group) is 1. The number of hydrogen-bond donors (Lipinski definition) is 1.